The number of hydrogen-bond acceptors (Lipinski definition) is 3. The highest BCUT2D eigenvalue weighted by atomic mass is 79.9. The summed E-state index contributed by atoms with van der Waals surface area (Å²) in [6.45, 7) is 2.93. The third-order valence-electron chi connectivity index (χ3n) is 3.86. The van der Waals surface area contributed by atoms with Gasteiger partial charge in [-0.3, -0.25) is 0 Å². The standard InChI is InChI=1S/C16H21BrO3/c1-2-19-15(18)13-5-7-14(8-6-13)20-12-16(11-17)9-3-4-10-16/h5-8H,2-4,9-12H2,1H3. The van der Waals surface area contributed by atoms with Gasteiger partial charge in [0, 0.05) is 10.7 Å². The molecule has 0 spiro atoms. The van der Waals surface area contributed by atoms with E-state index in [0.717, 1.165) is 17.7 Å². The van der Waals surface area contributed by atoms with Crippen LogP contribution in [0.4, 0.5) is 0 Å². The van der Waals surface area contributed by atoms with Gasteiger partial charge in [0.2, 0.25) is 0 Å². The number of esters is 1. The maximum absolute atomic E-state index is 11.6. The topological polar surface area (TPSA) is 35.5 Å². The Hall–Kier alpha value is -1.03. The van der Waals surface area contributed by atoms with Crippen molar-refractivity contribution in [2.75, 3.05) is 18.5 Å². The first-order valence-electron chi connectivity index (χ1n) is 7.15. The second-order valence-corrected chi connectivity index (χ2v) is 5.93. The first-order valence-corrected chi connectivity index (χ1v) is 8.27. The Morgan fingerprint density at radius 2 is 1.90 bits per heavy atom. The van der Waals surface area contributed by atoms with E-state index in [1.54, 1.807) is 19.1 Å². The molecule has 0 aromatic heterocycles. The molecule has 1 aromatic carbocycles. The average molecular weight is 341 g/mol. The summed E-state index contributed by atoms with van der Waals surface area (Å²) in [5.41, 5.74) is 0.843. The zero-order valence-corrected chi connectivity index (χ0v) is 13.4. The van der Waals surface area contributed by atoms with Gasteiger partial charge in [-0.05, 0) is 44.0 Å². The van der Waals surface area contributed by atoms with Crippen molar-refractivity contribution in [1.29, 1.82) is 0 Å². The molecule has 0 atom stereocenters. The summed E-state index contributed by atoms with van der Waals surface area (Å²) < 4.78 is 10.9. The van der Waals surface area contributed by atoms with Crippen molar-refractivity contribution in [3.05, 3.63) is 29.8 Å². The van der Waals surface area contributed by atoms with E-state index < -0.39 is 0 Å². The Bertz CT molecular complexity index is 436. The Labute approximate surface area is 128 Å². The van der Waals surface area contributed by atoms with Gasteiger partial charge in [0.25, 0.3) is 0 Å². The van der Waals surface area contributed by atoms with Gasteiger partial charge in [0.15, 0.2) is 0 Å². The molecule has 0 heterocycles. The second kappa shape index (κ2) is 7.11. The molecule has 3 nitrogen and oxygen atoms in total. The molecule has 1 aromatic rings. The van der Waals surface area contributed by atoms with E-state index in [1.165, 1.54) is 25.7 Å². The number of halogens is 1. The largest absolute Gasteiger partial charge is 0.493 e. The van der Waals surface area contributed by atoms with Gasteiger partial charge in [-0.1, -0.05) is 28.8 Å². The van der Waals surface area contributed by atoms with Crippen molar-refractivity contribution in [3.63, 3.8) is 0 Å². The minimum absolute atomic E-state index is 0.278. The molecule has 1 aliphatic carbocycles. The Balaban J connectivity index is 1.92. The molecule has 1 fully saturated rings. The number of benzene rings is 1. The quantitative estimate of drug-likeness (QED) is 0.575. The van der Waals surface area contributed by atoms with Crippen LogP contribution >= 0.6 is 15.9 Å². The minimum atomic E-state index is -0.285. The van der Waals surface area contributed by atoms with Crippen molar-refractivity contribution >= 4 is 21.9 Å². The highest BCUT2D eigenvalue weighted by Gasteiger charge is 2.33. The summed E-state index contributed by atoms with van der Waals surface area (Å²) in [4.78, 5) is 11.6. The molecule has 0 amide bonds. The summed E-state index contributed by atoms with van der Waals surface area (Å²) in [6.07, 6.45) is 5.02. The first-order chi connectivity index (χ1) is 9.69. The summed E-state index contributed by atoms with van der Waals surface area (Å²) in [7, 11) is 0. The molecule has 2 rings (SSSR count). The van der Waals surface area contributed by atoms with Crippen LogP contribution in [0, 0.1) is 5.41 Å². The van der Waals surface area contributed by atoms with Crippen molar-refractivity contribution in [2.45, 2.75) is 32.6 Å². The SMILES string of the molecule is CCOC(=O)c1ccc(OCC2(CBr)CCCC2)cc1. The van der Waals surface area contributed by atoms with Crippen LogP contribution in [0.1, 0.15) is 43.0 Å². The Kier molecular flexibility index (Phi) is 5.46. The lowest BCUT2D eigenvalue weighted by Crippen LogP contribution is -2.27. The van der Waals surface area contributed by atoms with Gasteiger partial charge in [-0.25, -0.2) is 4.79 Å². The fraction of sp³-hybridized carbons (Fsp3) is 0.562. The Morgan fingerprint density at radius 3 is 2.45 bits per heavy atom. The van der Waals surface area contributed by atoms with Crippen LogP contribution in [0.25, 0.3) is 0 Å². The van der Waals surface area contributed by atoms with E-state index >= 15 is 0 Å². The van der Waals surface area contributed by atoms with Crippen molar-refractivity contribution in [1.82, 2.24) is 0 Å². The zero-order valence-electron chi connectivity index (χ0n) is 11.9. The molecular formula is C16H21BrO3. The molecule has 1 aliphatic rings. The van der Waals surface area contributed by atoms with E-state index in [-0.39, 0.29) is 11.4 Å². The smallest absolute Gasteiger partial charge is 0.338 e. The molecule has 0 aliphatic heterocycles. The van der Waals surface area contributed by atoms with Gasteiger partial charge in [0.05, 0.1) is 18.8 Å². The van der Waals surface area contributed by atoms with E-state index in [9.17, 15) is 4.79 Å². The van der Waals surface area contributed by atoms with Crippen LogP contribution in [0.5, 0.6) is 5.75 Å². The van der Waals surface area contributed by atoms with E-state index in [0.29, 0.717) is 12.2 Å². The molecule has 0 radical (unpaired) electrons. The molecule has 20 heavy (non-hydrogen) atoms. The fourth-order valence-electron chi connectivity index (χ4n) is 2.58. The predicted molar refractivity (Wildman–Crippen MR) is 82.6 cm³/mol. The van der Waals surface area contributed by atoms with Crippen LogP contribution in [-0.4, -0.2) is 24.5 Å². The van der Waals surface area contributed by atoms with Gasteiger partial charge in [-0.2, -0.15) is 0 Å². The van der Waals surface area contributed by atoms with Gasteiger partial charge in [-0.15, -0.1) is 0 Å². The maximum atomic E-state index is 11.6. The summed E-state index contributed by atoms with van der Waals surface area (Å²) in [5.74, 6) is 0.525. The van der Waals surface area contributed by atoms with E-state index in [1.807, 2.05) is 12.1 Å². The lowest BCUT2D eigenvalue weighted by atomic mass is 9.90. The highest BCUT2D eigenvalue weighted by Crippen LogP contribution is 2.39. The van der Waals surface area contributed by atoms with Crippen molar-refractivity contribution < 1.29 is 14.3 Å². The third-order valence-corrected chi connectivity index (χ3v) is 5.05. The van der Waals surface area contributed by atoms with Crippen LogP contribution in [-0.2, 0) is 4.74 Å². The number of hydrogen-bond donors (Lipinski definition) is 0. The molecule has 0 N–H and O–H groups in total. The average Bonchev–Trinajstić information content (AvgIpc) is 2.95. The Morgan fingerprint density at radius 1 is 1.25 bits per heavy atom. The van der Waals surface area contributed by atoms with Crippen LogP contribution in [0.15, 0.2) is 24.3 Å². The molecule has 0 saturated heterocycles. The number of alkyl halides is 1. The molecule has 110 valence electrons. The first kappa shape index (κ1) is 15.4. The summed E-state index contributed by atoms with van der Waals surface area (Å²) in [6, 6.07) is 7.18. The second-order valence-electron chi connectivity index (χ2n) is 5.37. The van der Waals surface area contributed by atoms with Crippen LogP contribution in [0.2, 0.25) is 0 Å². The molecule has 0 unspecified atom stereocenters. The van der Waals surface area contributed by atoms with Gasteiger partial charge in [0.1, 0.15) is 5.75 Å². The molecule has 0 bridgehead atoms. The normalized spacial score (nSPS) is 16.9. The van der Waals surface area contributed by atoms with E-state index in [2.05, 4.69) is 15.9 Å². The fourth-order valence-corrected chi connectivity index (χ4v) is 3.30. The number of carbonyl (C=O) groups excluding carboxylic acids is 1. The van der Waals surface area contributed by atoms with Crippen LogP contribution < -0.4 is 4.74 Å². The van der Waals surface area contributed by atoms with Gasteiger partial charge < -0.3 is 9.47 Å². The van der Waals surface area contributed by atoms with Gasteiger partial charge >= 0.3 is 5.97 Å². The van der Waals surface area contributed by atoms with Crippen molar-refractivity contribution in [2.24, 2.45) is 5.41 Å². The highest BCUT2D eigenvalue weighted by molar-refractivity contribution is 9.09. The summed E-state index contributed by atoms with van der Waals surface area (Å²) in [5, 5.41) is 0.987. The number of carbonyl (C=O) groups is 1. The van der Waals surface area contributed by atoms with Crippen molar-refractivity contribution in [3.8, 4) is 5.75 Å². The summed E-state index contributed by atoms with van der Waals surface area (Å²) >= 11 is 3.61. The molecule has 4 heteroatoms. The predicted octanol–water partition coefficient (Wildman–Crippen LogP) is 4.20. The monoisotopic (exact) mass is 340 g/mol. The molecule has 1 saturated carbocycles. The number of ether oxygens (including phenoxy) is 2. The number of rotatable bonds is 6. The lowest BCUT2D eigenvalue weighted by molar-refractivity contribution is 0.0526. The van der Waals surface area contributed by atoms with E-state index in [4.69, 9.17) is 9.47 Å². The third kappa shape index (κ3) is 3.75. The van der Waals surface area contributed by atoms with Crippen LogP contribution in [0.3, 0.4) is 0 Å². The minimum Gasteiger partial charge on any atom is -0.493 e. The lowest BCUT2D eigenvalue weighted by Gasteiger charge is -2.26. The maximum Gasteiger partial charge on any atom is 0.338 e. The molecular weight excluding hydrogens is 320 g/mol. The zero-order chi connectivity index (χ0) is 14.4.